The Morgan fingerprint density at radius 2 is 1.89 bits per heavy atom. The number of carbonyl (C=O) groups is 1. The highest BCUT2D eigenvalue weighted by Gasteiger charge is 2.32. The van der Waals surface area contributed by atoms with Crippen molar-refractivity contribution in [3.63, 3.8) is 0 Å². The van der Waals surface area contributed by atoms with E-state index in [2.05, 4.69) is 45.2 Å². The van der Waals surface area contributed by atoms with Crippen LogP contribution in [0.1, 0.15) is 5.56 Å². The van der Waals surface area contributed by atoms with Gasteiger partial charge in [0.1, 0.15) is 11.4 Å². The molecule has 1 aliphatic rings. The van der Waals surface area contributed by atoms with Crippen LogP contribution in [0, 0.1) is 7.14 Å². The first-order valence-corrected chi connectivity index (χ1v) is 7.85. The first-order valence-electron chi connectivity index (χ1n) is 5.28. The van der Waals surface area contributed by atoms with Gasteiger partial charge in [-0.2, -0.15) is 0 Å². The third kappa shape index (κ3) is 2.72. The first-order chi connectivity index (χ1) is 8.82. The SMILES string of the molecule is CN1C(=O)/C(=C/c2cc(I)cc(I)c2O)N(C)C1=S. The van der Waals surface area contributed by atoms with E-state index in [-0.39, 0.29) is 11.7 Å². The number of carbonyl (C=O) groups excluding carboxylic acids is 1. The second-order valence-corrected chi connectivity index (χ2v) is 6.83. The molecule has 4 nitrogen and oxygen atoms in total. The van der Waals surface area contributed by atoms with Crippen molar-refractivity contribution < 1.29 is 9.90 Å². The molecule has 0 atom stereocenters. The Morgan fingerprint density at radius 1 is 1.26 bits per heavy atom. The summed E-state index contributed by atoms with van der Waals surface area (Å²) < 4.78 is 1.75. The molecule has 7 heteroatoms. The number of likely N-dealkylation sites (N-methyl/N-ethyl adjacent to an activating group) is 2. The number of benzene rings is 1. The van der Waals surface area contributed by atoms with E-state index in [1.54, 1.807) is 25.1 Å². The van der Waals surface area contributed by atoms with Gasteiger partial charge in [0, 0.05) is 23.2 Å². The average molecular weight is 500 g/mol. The molecule has 19 heavy (non-hydrogen) atoms. The van der Waals surface area contributed by atoms with Crippen LogP contribution >= 0.6 is 57.4 Å². The Bertz CT molecular complexity index is 616. The van der Waals surface area contributed by atoms with Crippen molar-refractivity contribution in [2.75, 3.05) is 14.1 Å². The summed E-state index contributed by atoms with van der Waals surface area (Å²) in [5.74, 6) is 0.0101. The predicted octanol–water partition coefficient (Wildman–Crippen LogP) is 2.63. The number of aromatic hydroxyl groups is 1. The van der Waals surface area contributed by atoms with Gasteiger partial charge in [-0.3, -0.25) is 9.69 Å². The molecule has 100 valence electrons. The third-order valence-corrected chi connectivity index (χ3v) is 4.80. The summed E-state index contributed by atoms with van der Waals surface area (Å²) in [7, 11) is 3.38. The van der Waals surface area contributed by atoms with Crippen molar-refractivity contribution in [2.45, 2.75) is 0 Å². The maximum atomic E-state index is 12.1. The highest BCUT2D eigenvalue weighted by molar-refractivity contribution is 14.1. The summed E-state index contributed by atoms with van der Waals surface area (Å²) in [5.41, 5.74) is 1.07. The van der Waals surface area contributed by atoms with Gasteiger partial charge in [-0.05, 0) is 75.6 Å². The lowest BCUT2D eigenvalue weighted by Crippen LogP contribution is -2.26. The molecule has 0 bridgehead atoms. The number of amides is 1. The van der Waals surface area contributed by atoms with Crippen LogP contribution in [0.5, 0.6) is 5.75 Å². The maximum Gasteiger partial charge on any atom is 0.276 e. The van der Waals surface area contributed by atoms with E-state index in [0.717, 1.165) is 7.14 Å². The molecule has 0 aliphatic carbocycles. The fraction of sp³-hybridized carbons (Fsp3) is 0.167. The molecule has 2 rings (SSSR count). The standard InChI is InChI=1S/C12H10I2N2O2S/c1-15-9(11(18)16(2)12(15)19)4-6-3-7(13)5-8(14)10(6)17/h3-5,17H,1-2H3/b9-4-. The normalized spacial score (nSPS) is 17.8. The highest BCUT2D eigenvalue weighted by Crippen LogP contribution is 2.30. The summed E-state index contributed by atoms with van der Waals surface area (Å²) in [6.45, 7) is 0. The molecule has 1 aromatic rings. The fourth-order valence-corrected chi connectivity index (χ4v) is 3.80. The lowest BCUT2D eigenvalue weighted by molar-refractivity contribution is -0.121. The van der Waals surface area contributed by atoms with Gasteiger partial charge in [0.05, 0.1) is 3.57 Å². The number of nitrogens with zero attached hydrogens (tertiary/aromatic N) is 2. The minimum absolute atomic E-state index is 0.166. The Balaban J connectivity index is 2.53. The zero-order chi connectivity index (χ0) is 14.3. The Hall–Kier alpha value is -0.420. The van der Waals surface area contributed by atoms with Gasteiger partial charge in [0.2, 0.25) is 0 Å². The molecule has 1 aromatic carbocycles. The molecule has 0 unspecified atom stereocenters. The van der Waals surface area contributed by atoms with Crippen molar-refractivity contribution >= 4 is 74.5 Å². The third-order valence-electron chi connectivity index (χ3n) is 2.81. The quantitative estimate of drug-likeness (QED) is 0.366. The van der Waals surface area contributed by atoms with Crippen LogP contribution in [-0.2, 0) is 4.79 Å². The molecule has 1 saturated heterocycles. The van der Waals surface area contributed by atoms with Crippen LogP contribution in [0.15, 0.2) is 17.8 Å². The summed E-state index contributed by atoms with van der Waals surface area (Å²) in [4.78, 5) is 15.1. The lowest BCUT2D eigenvalue weighted by atomic mass is 10.1. The highest BCUT2D eigenvalue weighted by atomic mass is 127. The predicted molar refractivity (Wildman–Crippen MR) is 94.6 cm³/mol. The van der Waals surface area contributed by atoms with Crippen molar-refractivity contribution in [2.24, 2.45) is 0 Å². The summed E-state index contributed by atoms with van der Waals surface area (Å²) in [6, 6.07) is 3.70. The van der Waals surface area contributed by atoms with Crippen LogP contribution < -0.4 is 0 Å². The maximum absolute atomic E-state index is 12.1. The number of hydrogen-bond acceptors (Lipinski definition) is 3. The minimum atomic E-state index is -0.166. The summed E-state index contributed by atoms with van der Waals surface area (Å²) in [6.07, 6.45) is 1.66. The molecule has 0 saturated carbocycles. The second kappa shape index (κ2) is 5.52. The van der Waals surface area contributed by atoms with E-state index < -0.39 is 0 Å². The zero-order valence-electron chi connectivity index (χ0n) is 10.1. The molecule has 1 heterocycles. The Morgan fingerprint density at radius 3 is 2.42 bits per heavy atom. The molecule has 1 fully saturated rings. The largest absolute Gasteiger partial charge is 0.506 e. The molecule has 1 N–H and O–H groups in total. The number of rotatable bonds is 1. The molecule has 1 amide bonds. The molecule has 0 aromatic heterocycles. The van der Waals surface area contributed by atoms with Crippen molar-refractivity contribution in [1.29, 1.82) is 0 Å². The lowest BCUT2D eigenvalue weighted by Gasteiger charge is -2.11. The first kappa shape index (κ1) is 15.0. The van der Waals surface area contributed by atoms with Crippen molar-refractivity contribution in [3.05, 3.63) is 30.5 Å². The topological polar surface area (TPSA) is 43.8 Å². The van der Waals surface area contributed by atoms with Crippen LogP contribution in [0.2, 0.25) is 0 Å². The van der Waals surface area contributed by atoms with Crippen LogP contribution in [0.25, 0.3) is 6.08 Å². The van der Waals surface area contributed by atoms with Crippen LogP contribution in [0.3, 0.4) is 0 Å². The molecule has 0 spiro atoms. The van der Waals surface area contributed by atoms with E-state index in [1.165, 1.54) is 4.90 Å². The number of phenolic OH excluding ortho intramolecular Hbond substituents is 1. The molecule has 0 radical (unpaired) electrons. The number of phenols is 1. The average Bonchev–Trinajstić information content (AvgIpc) is 2.53. The smallest absolute Gasteiger partial charge is 0.276 e. The number of hydrogen-bond donors (Lipinski definition) is 1. The van der Waals surface area contributed by atoms with E-state index >= 15 is 0 Å². The van der Waals surface area contributed by atoms with E-state index in [1.807, 2.05) is 12.1 Å². The van der Waals surface area contributed by atoms with Gasteiger partial charge >= 0.3 is 0 Å². The molecule has 1 aliphatic heterocycles. The van der Waals surface area contributed by atoms with Crippen LogP contribution in [0.4, 0.5) is 0 Å². The van der Waals surface area contributed by atoms with E-state index in [4.69, 9.17) is 12.2 Å². The summed E-state index contributed by atoms with van der Waals surface area (Å²) in [5, 5.41) is 10.5. The van der Waals surface area contributed by atoms with Crippen molar-refractivity contribution in [1.82, 2.24) is 9.80 Å². The Kier molecular flexibility index (Phi) is 4.35. The van der Waals surface area contributed by atoms with Gasteiger partial charge < -0.3 is 10.0 Å². The van der Waals surface area contributed by atoms with Crippen LogP contribution in [-0.4, -0.2) is 40.0 Å². The molecular formula is C12H10I2N2O2S. The monoisotopic (exact) mass is 500 g/mol. The number of halogens is 2. The van der Waals surface area contributed by atoms with Gasteiger partial charge in [-0.15, -0.1) is 0 Å². The van der Waals surface area contributed by atoms with Gasteiger partial charge in [-0.1, -0.05) is 0 Å². The molecular weight excluding hydrogens is 490 g/mol. The minimum Gasteiger partial charge on any atom is -0.506 e. The van der Waals surface area contributed by atoms with Gasteiger partial charge in [0.15, 0.2) is 5.11 Å². The van der Waals surface area contributed by atoms with E-state index in [9.17, 15) is 9.90 Å². The van der Waals surface area contributed by atoms with Gasteiger partial charge in [-0.25, -0.2) is 0 Å². The summed E-state index contributed by atoms with van der Waals surface area (Å²) >= 11 is 9.38. The van der Waals surface area contributed by atoms with Crippen molar-refractivity contribution in [3.8, 4) is 5.75 Å². The fourth-order valence-electron chi connectivity index (χ4n) is 1.73. The van der Waals surface area contributed by atoms with Gasteiger partial charge in [0.25, 0.3) is 5.91 Å². The Labute approximate surface area is 143 Å². The zero-order valence-corrected chi connectivity index (χ0v) is 15.3. The van der Waals surface area contributed by atoms with E-state index in [0.29, 0.717) is 16.4 Å². The number of thiocarbonyl (C=S) groups is 1. The second-order valence-electron chi connectivity index (χ2n) is 4.06.